The zero-order valence-corrected chi connectivity index (χ0v) is 15.9. The molecule has 28 heavy (non-hydrogen) atoms. The van der Waals surface area contributed by atoms with E-state index in [0.717, 1.165) is 0 Å². The fourth-order valence-corrected chi connectivity index (χ4v) is 2.28. The summed E-state index contributed by atoms with van der Waals surface area (Å²) in [5, 5.41) is 9.16. The van der Waals surface area contributed by atoms with Crippen LogP contribution in [0.3, 0.4) is 0 Å². The first kappa shape index (κ1) is 22.4. The van der Waals surface area contributed by atoms with Crippen LogP contribution >= 0.6 is 0 Å². The fourth-order valence-electron chi connectivity index (χ4n) is 2.28. The van der Waals surface area contributed by atoms with Crippen LogP contribution in [0.5, 0.6) is 11.5 Å². The summed E-state index contributed by atoms with van der Waals surface area (Å²) >= 11 is 0. The van der Waals surface area contributed by atoms with E-state index >= 15 is 0 Å². The topological polar surface area (TPSA) is 102 Å². The Morgan fingerprint density at radius 2 is 1.00 bits per heavy atom. The van der Waals surface area contributed by atoms with E-state index < -0.39 is 5.97 Å². The number of hydrogen-bond acceptors (Lipinski definition) is 8. The molecule has 1 aromatic rings. The molecule has 158 valence electrons. The third kappa shape index (κ3) is 9.34. The molecule has 0 atom stereocenters. The third-order valence-electron chi connectivity index (χ3n) is 3.65. The van der Waals surface area contributed by atoms with Crippen LogP contribution in [0, 0.1) is 0 Å². The molecule has 1 aliphatic heterocycles. The molecule has 1 aromatic carbocycles. The second-order valence-electron chi connectivity index (χ2n) is 5.73. The summed E-state index contributed by atoms with van der Waals surface area (Å²) in [5.41, 5.74) is 0.123. The highest BCUT2D eigenvalue weighted by atomic mass is 16.6. The zero-order chi connectivity index (χ0) is 19.9. The van der Waals surface area contributed by atoms with Gasteiger partial charge < -0.3 is 38.3 Å². The molecule has 2 rings (SSSR count). The molecule has 0 saturated heterocycles. The smallest absolute Gasteiger partial charge is 0.335 e. The minimum absolute atomic E-state index is 0.123. The third-order valence-corrected chi connectivity index (χ3v) is 3.65. The highest BCUT2D eigenvalue weighted by Crippen LogP contribution is 2.28. The summed E-state index contributed by atoms with van der Waals surface area (Å²) in [6.45, 7) is 5.10. The van der Waals surface area contributed by atoms with Gasteiger partial charge >= 0.3 is 5.97 Å². The maximum Gasteiger partial charge on any atom is 0.335 e. The lowest BCUT2D eigenvalue weighted by atomic mass is 10.2. The molecule has 1 N–H and O–H groups in total. The molecule has 1 aliphatic rings. The lowest BCUT2D eigenvalue weighted by Crippen LogP contribution is -2.14. The average Bonchev–Trinajstić information content (AvgIpc) is 2.69. The van der Waals surface area contributed by atoms with E-state index in [-0.39, 0.29) is 12.2 Å². The SMILES string of the molecule is O=C(O)c1ccc2c(c1)OCCOCCOCCOCCOCCOCCO2. The van der Waals surface area contributed by atoms with Crippen molar-refractivity contribution in [3.8, 4) is 11.5 Å². The number of ether oxygens (including phenoxy) is 7. The molecule has 0 unspecified atom stereocenters. The van der Waals surface area contributed by atoms with Crippen molar-refractivity contribution in [3.05, 3.63) is 23.8 Å². The molecule has 0 bridgehead atoms. The summed E-state index contributed by atoms with van der Waals surface area (Å²) in [7, 11) is 0. The Balaban J connectivity index is 1.86. The van der Waals surface area contributed by atoms with Crippen LogP contribution in [0.25, 0.3) is 0 Å². The molecule has 0 amide bonds. The fraction of sp³-hybridized carbons (Fsp3) is 0.632. The lowest BCUT2D eigenvalue weighted by Gasteiger charge is -2.14. The van der Waals surface area contributed by atoms with Gasteiger partial charge in [0, 0.05) is 0 Å². The minimum Gasteiger partial charge on any atom is -0.487 e. The van der Waals surface area contributed by atoms with E-state index in [9.17, 15) is 4.79 Å². The Hall–Kier alpha value is -1.91. The quantitative estimate of drug-likeness (QED) is 0.746. The number of benzene rings is 1. The summed E-state index contributed by atoms with van der Waals surface area (Å²) < 4.78 is 38.3. The Bertz CT molecular complexity index is 564. The van der Waals surface area contributed by atoms with Crippen LogP contribution in [-0.2, 0) is 23.7 Å². The van der Waals surface area contributed by atoms with Crippen molar-refractivity contribution < 1.29 is 43.1 Å². The van der Waals surface area contributed by atoms with Crippen molar-refractivity contribution >= 4 is 5.97 Å². The van der Waals surface area contributed by atoms with Gasteiger partial charge in [-0.05, 0) is 18.2 Å². The van der Waals surface area contributed by atoms with Gasteiger partial charge in [0.2, 0.25) is 0 Å². The standard InChI is InChI=1S/C19H28O9/c20-19(21)16-1-2-17-18(15-16)28-14-12-26-10-8-24-6-4-22-3-5-23-7-9-25-11-13-27-17/h1-2,15H,3-14H2,(H,20,21). The van der Waals surface area contributed by atoms with Crippen LogP contribution in [0.4, 0.5) is 0 Å². The van der Waals surface area contributed by atoms with E-state index in [1.807, 2.05) is 0 Å². The number of carbonyl (C=O) groups is 1. The van der Waals surface area contributed by atoms with Gasteiger partial charge in [-0.1, -0.05) is 0 Å². The minimum atomic E-state index is -1.03. The highest BCUT2D eigenvalue weighted by molar-refractivity contribution is 5.88. The van der Waals surface area contributed by atoms with E-state index in [2.05, 4.69) is 0 Å². The second kappa shape index (κ2) is 14.1. The second-order valence-corrected chi connectivity index (χ2v) is 5.73. The highest BCUT2D eigenvalue weighted by Gasteiger charge is 2.11. The van der Waals surface area contributed by atoms with Gasteiger partial charge in [0.1, 0.15) is 13.2 Å². The Labute approximate surface area is 164 Å². The van der Waals surface area contributed by atoms with E-state index in [1.165, 1.54) is 12.1 Å². The van der Waals surface area contributed by atoms with Gasteiger partial charge in [-0.25, -0.2) is 4.79 Å². The van der Waals surface area contributed by atoms with E-state index in [4.69, 9.17) is 38.3 Å². The molecule has 0 radical (unpaired) electrons. The molecular formula is C19H28O9. The van der Waals surface area contributed by atoms with Crippen molar-refractivity contribution in [1.82, 2.24) is 0 Å². The van der Waals surface area contributed by atoms with Crippen molar-refractivity contribution in [2.75, 3.05) is 79.3 Å². The molecule has 0 fully saturated rings. The Morgan fingerprint density at radius 1 is 0.607 bits per heavy atom. The molecule has 0 aromatic heterocycles. The Morgan fingerprint density at radius 3 is 1.43 bits per heavy atom. The molecule has 9 heteroatoms. The van der Waals surface area contributed by atoms with Gasteiger partial charge in [-0.3, -0.25) is 0 Å². The molecular weight excluding hydrogens is 372 g/mol. The number of hydrogen-bond donors (Lipinski definition) is 1. The maximum atomic E-state index is 11.2. The van der Waals surface area contributed by atoms with Gasteiger partial charge in [0.05, 0.1) is 71.6 Å². The van der Waals surface area contributed by atoms with Crippen molar-refractivity contribution in [2.45, 2.75) is 0 Å². The maximum absolute atomic E-state index is 11.2. The van der Waals surface area contributed by atoms with Crippen molar-refractivity contribution in [1.29, 1.82) is 0 Å². The number of carboxylic acids is 1. The monoisotopic (exact) mass is 400 g/mol. The van der Waals surface area contributed by atoms with Crippen LogP contribution in [0.1, 0.15) is 10.4 Å². The summed E-state index contributed by atoms with van der Waals surface area (Å²) in [5.74, 6) is -0.225. The first-order chi connectivity index (χ1) is 13.8. The van der Waals surface area contributed by atoms with Crippen molar-refractivity contribution in [2.24, 2.45) is 0 Å². The summed E-state index contributed by atoms with van der Waals surface area (Å²) in [4.78, 5) is 11.2. The molecule has 0 aliphatic carbocycles. The predicted molar refractivity (Wildman–Crippen MR) is 98.5 cm³/mol. The summed E-state index contributed by atoms with van der Waals surface area (Å²) in [6.07, 6.45) is 0. The molecule has 9 nitrogen and oxygen atoms in total. The molecule has 1 heterocycles. The first-order valence-electron chi connectivity index (χ1n) is 9.29. The van der Waals surface area contributed by atoms with Gasteiger partial charge in [-0.15, -0.1) is 0 Å². The molecule has 0 saturated carbocycles. The zero-order valence-electron chi connectivity index (χ0n) is 15.9. The van der Waals surface area contributed by atoms with Crippen LogP contribution in [0.2, 0.25) is 0 Å². The van der Waals surface area contributed by atoms with Gasteiger partial charge in [0.25, 0.3) is 0 Å². The normalized spacial score (nSPS) is 19.3. The largest absolute Gasteiger partial charge is 0.487 e. The van der Waals surface area contributed by atoms with Gasteiger partial charge in [-0.2, -0.15) is 0 Å². The van der Waals surface area contributed by atoms with E-state index in [0.29, 0.717) is 84.2 Å². The number of fused-ring (bicyclic) bond motifs is 1. The van der Waals surface area contributed by atoms with Gasteiger partial charge in [0.15, 0.2) is 11.5 Å². The van der Waals surface area contributed by atoms with Crippen LogP contribution < -0.4 is 9.47 Å². The van der Waals surface area contributed by atoms with Crippen LogP contribution in [0.15, 0.2) is 18.2 Å². The van der Waals surface area contributed by atoms with E-state index in [1.54, 1.807) is 6.07 Å². The average molecular weight is 400 g/mol. The number of rotatable bonds is 1. The number of aromatic carboxylic acids is 1. The lowest BCUT2D eigenvalue weighted by molar-refractivity contribution is -0.0134. The van der Waals surface area contributed by atoms with Crippen LogP contribution in [-0.4, -0.2) is 90.4 Å². The first-order valence-corrected chi connectivity index (χ1v) is 9.29. The summed E-state index contributed by atoms with van der Waals surface area (Å²) in [6, 6.07) is 4.48. The Kier molecular flexibility index (Phi) is 11.3. The molecule has 0 spiro atoms. The number of carboxylic acid groups (broad SMARTS) is 1. The van der Waals surface area contributed by atoms with Crippen molar-refractivity contribution in [3.63, 3.8) is 0 Å². The predicted octanol–water partition coefficient (Wildman–Crippen LogP) is 1.24.